The first-order valence-corrected chi connectivity index (χ1v) is 10.4. The Morgan fingerprint density at radius 2 is 1.94 bits per heavy atom. The minimum absolute atomic E-state index is 0.0977. The average Bonchev–Trinajstić information content (AvgIpc) is 3.26. The standard InChI is InChI=1S/C24H24F2N4O/c1-14-8-15(10-18(25)9-14)12-29-24(31)19-7-6-17(11-20(19)26)22-23(27)28-13-21(30-22)16-4-2-3-5-16/h6-11,13,16H,2-5,12H2,1H3,(H2,27,28)(H,29,31). The van der Waals surface area contributed by atoms with E-state index in [2.05, 4.69) is 15.3 Å². The predicted octanol–water partition coefficient (Wildman–Crippen LogP) is 4.90. The highest BCUT2D eigenvalue weighted by molar-refractivity contribution is 5.95. The van der Waals surface area contributed by atoms with Crippen LogP contribution in [0.1, 0.15) is 58.8 Å². The summed E-state index contributed by atoms with van der Waals surface area (Å²) < 4.78 is 28.3. The summed E-state index contributed by atoms with van der Waals surface area (Å²) in [5.41, 5.74) is 9.02. The Bertz CT molecular complexity index is 1110. The lowest BCUT2D eigenvalue weighted by atomic mass is 10.0. The first-order chi connectivity index (χ1) is 14.9. The number of carbonyl (C=O) groups excluding carboxylic acids is 1. The highest BCUT2D eigenvalue weighted by atomic mass is 19.1. The van der Waals surface area contributed by atoms with Gasteiger partial charge in [0, 0.05) is 18.0 Å². The van der Waals surface area contributed by atoms with E-state index in [-0.39, 0.29) is 23.7 Å². The normalized spacial score (nSPS) is 14.0. The van der Waals surface area contributed by atoms with Gasteiger partial charge >= 0.3 is 0 Å². The van der Waals surface area contributed by atoms with Crippen molar-refractivity contribution in [3.8, 4) is 11.3 Å². The minimum atomic E-state index is -0.683. The Morgan fingerprint density at radius 1 is 1.16 bits per heavy atom. The van der Waals surface area contributed by atoms with Gasteiger partial charge < -0.3 is 11.1 Å². The summed E-state index contributed by atoms with van der Waals surface area (Å²) in [5, 5.41) is 2.63. The molecule has 0 bridgehead atoms. The molecule has 1 fully saturated rings. The van der Waals surface area contributed by atoms with Crippen LogP contribution in [0, 0.1) is 18.6 Å². The van der Waals surface area contributed by atoms with Crippen molar-refractivity contribution >= 4 is 11.7 Å². The number of hydrogen-bond donors (Lipinski definition) is 2. The molecule has 0 atom stereocenters. The molecule has 5 nitrogen and oxygen atoms in total. The van der Waals surface area contributed by atoms with Gasteiger partial charge in [-0.15, -0.1) is 0 Å². The van der Waals surface area contributed by atoms with Gasteiger partial charge in [0.1, 0.15) is 23.1 Å². The van der Waals surface area contributed by atoms with E-state index in [4.69, 9.17) is 5.73 Å². The number of nitrogens with one attached hydrogen (secondary N) is 1. The Morgan fingerprint density at radius 3 is 2.65 bits per heavy atom. The molecule has 2 aromatic carbocycles. The fraction of sp³-hybridized carbons (Fsp3) is 0.292. The molecule has 1 saturated carbocycles. The van der Waals surface area contributed by atoms with Crippen LogP contribution < -0.4 is 11.1 Å². The zero-order chi connectivity index (χ0) is 22.0. The number of nitrogens with zero attached hydrogens (tertiary/aromatic N) is 2. The number of benzene rings is 2. The molecular formula is C24H24F2N4O. The molecule has 1 aliphatic carbocycles. The van der Waals surface area contributed by atoms with Crippen LogP contribution in [0.3, 0.4) is 0 Å². The van der Waals surface area contributed by atoms with Gasteiger partial charge in [-0.05, 0) is 55.2 Å². The highest BCUT2D eigenvalue weighted by Gasteiger charge is 2.21. The van der Waals surface area contributed by atoms with Crippen molar-refractivity contribution in [1.82, 2.24) is 15.3 Å². The van der Waals surface area contributed by atoms with Crippen molar-refractivity contribution in [2.45, 2.75) is 45.1 Å². The molecule has 160 valence electrons. The van der Waals surface area contributed by atoms with E-state index in [1.54, 1.807) is 25.3 Å². The number of amides is 1. The largest absolute Gasteiger partial charge is 0.382 e. The molecule has 7 heteroatoms. The second-order valence-corrected chi connectivity index (χ2v) is 8.02. The Hall–Kier alpha value is -3.35. The van der Waals surface area contributed by atoms with Crippen molar-refractivity contribution in [3.63, 3.8) is 0 Å². The zero-order valence-electron chi connectivity index (χ0n) is 17.3. The van der Waals surface area contributed by atoms with Gasteiger partial charge in [-0.2, -0.15) is 0 Å². The molecule has 4 rings (SSSR count). The number of carbonyl (C=O) groups is 1. The summed E-state index contributed by atoms with van der Waals surface area (Å²) in [6.07, 6.45) is 6.16. The number of aromatic nitrogens is 2. The van der Waals surface area contributed by atoms with Crippen LogP contribution >= 0.6 is 0 Å². The molecule has 3 aromatic rings. The van der Waals surface area contributed by atoms with Crippen LogP contribution in [0.25, 0.3) is 11.3 Å². The van der Waals surface area contributed by atoms with E-state index in [0.717, 1.165) is 24.1 Å². The van der Waals surface area contributed by atoms with Crippen molar-refractivity contribution in [1.29, 1.82) is 0 Å². The van der Waals surface area contributed by atoms with E-state index in [1.165, 1.54) is 37.1 Å². The summed E-state index contributed by atoms with van der Waals surface area (Å²) in [7, 11) is 0. The van der Waals surface area contributed by atoms with Gasteiger partial charge in [-0.25, -0.2) is 18.7 Å². The second kappa shape index (κ2) is 8.79. The van der Waals surface area contributed by atoms with E-state index >= 15 is 0 Å². The third-order valence-corrected chi connectivity index (χ3v) is 5.64. The molecular weight excluding hydrogens is 398 g/mol. The molecule has 1 aliphatic rings. The maximum absolute atomic E-state index is 14.8. The third-order valence-electron chi connectivity index (χ3n) is 5.64. The summed E-state index contributed by atoms with van der Waals surface area (Å²) in [4.78, 5) is 21.3. The summed E-state index contributed by atoms with van der Waals surface area (Å²) in [5.74, 6) is -1.06. The topological polar surface area (TPSA) is 80.9 Å². The number of nitrogen functional groups attached to an aromatic ring is 1. The van der Waals surface area contributed by atoms with Gasteiger partial charge in [0.05, 0.1) is 17.5 Å². The van der Waals surface area contributed by atoms with Crippen molar-refractivity contribution in [2.24, 2.45) is 0 Å². The van der Waals surface area contributed by atoms with E-state index in [9.17, 15) is 13.6 Å². The maximum Gasteiger partial charge on any atom is 0.254 e. The molecule has 3 N–H and O–H groups in total. The fourth-order valence-electron chi connectivity index (χ4n) is 4.08. The van der Waals surface area contributed by atoms with E-state index in [1.807, 2.05) is 0 Å². The number of aryl methyl sites for hydroxylation is 1. The van der Waals surface area contributed by atoms with Crippen molar-refractivity contribution in [3.05, 3.63) is 76.6 Å². The van der Waals surface area contributed by atoms with Crippen molar-refractivity contribution < 1.29 is 13.6 Å². The van der Waals surface area contributed by atoms with Crippen molar-refractivity contribution in [2.75, 3.05) is 5.73 Å². The molecule has 1 aromatic heterocycles. The Kier molecular flexibility index (Phi) is 5.93. The highest BCUT2D eigenvalue weighted by Crippen LogP contribution is 2.34. The summed E-state index contributed by atoms with van der Waals surface area (Å²) in [6.45, 7) is 1.86. The lowest BCUT2D eigenvalue weighted by Gasteiger charge is -2.12. The Balaban J connectivity index is 1.52. The zero-order valence-corrected chi connectivity index (χ0v) is 17.3. The smallest absolute Gasteiger partial charge is 0.254 e. The SMILES string of the molecule is Cc1cc(F)cc(CNC(=O)c2ccc(-c3nc(C4CCCC4)cnc3N)cc2F)c1. The number of hydrogen-bond acceptors (Lipinski definition) is 4. The van der Waals surface area contributed by atoms with Gasteiger partial charge in [-0.3, -0.25) is 4.79 Å². The van der Waals surface area contributed by atoms with Crippen LogP contribution in [0.4, 0.5) is 14.6 Å². The van der Waals surface area contributed by atoms with Gasteiger partial charge in [-0.1, -0.05) is 25.0 Å². The molecule has 0 radical (unpaired) electrons. The van der Waals surface area contributed by atoms with E-state index < -0.39 is 11.7 Å². The van der Waals surface area contributed by atoms with E-state index in [0.29, 0.717) is 22.7 Å². The number of rotatable bonds is 5. The molecule has 0 unspecified atom stereocenters. The number of anilines is 1. The molecule has 0 spiro atoms. The van der Waals surface area contributed by atoms with Gasteiger partial charge in [0.15, 0.2) is 0 Å². The first-order valence-electron chi connectivity index (χ1n) is 10.4. The maximum atomic E-state index is 14.8. The fourth-order valence-corrected chi connectivity index (χ4v) is 4.08. The summed E-state index contributed by atoms with van der Waals surface area (Å²) >= 11 is 0. The molecule has 0 saturated heterocycles. The third kappa shape index (κ3) is 4.71. The minimum Gasteiger partial charge on any atom is -0.382 e. The number of halogens is 2. The molecule has 1 amide bonds. The van der Waals surface area contributed by atoms with Crippen LogP contribution in [-0.2, 0) is 6.54 Å². The monoisotopic (exact) mass is 422 g/mol. The summed E-state index contributed by atoms with van der Waals surface area (Å²) in [6, 6.07) is 8.77. The lowest BCUT2D eigenvalue weighted by Crippen LogP contribution is -2.24. The first kappa shape index (κ1) is 20.9. The molecule has 1 heterocycles. The molecule has 0 aliphatic heterocycles. The van der Waals surface area contributed by atoms with Crippen LogP contribution in [0.5, 0.6) is 0 Å². The number of nitrogens with two attached hydrogens (primary N) is 1. The predicted molar refractivity (Wildman–Crippen MR) is 115 cm³/mol. The Labute approximate surface area is 179 Å². The lowest BCUT2D eigenvalue weighted by molar-refractivity contribution is 0.0947. The molecule has 31 heavy (non-hydrogen) atoms. The van der Waals surface area contributed by atoms with Gasteiger partial charge in [0.2, 0.25) is 0 Å². The van der Waals surface area contributed by atoms with Gasteiger partial charge in [0.25, 0.3) is 5.91 Å². The average molecular weight is 422 g/mol. The second-order valence-electron chi connectivity index (χ2n) is 8.02. The quantitative estimate of drug-likeness (QED) is 0.613. The van der Waals surface area contributed by atoms with Crippen LogP contribution in [-0.4, -0.2) is 15.9 Å². The van der Waals surface area contributed by atoms with Crippen LogP contribution in [0.15, 0.2) is 42.6 Å². The van der Waals surface area contributed by atoms with Crippen LogP contribution in [0.2, 0.25) is 0 Å².